The maximum atomic E-state index is 13.9. The molecule has 0 saturated heterocycles. The molecule has 0 bridgehead atoms. The molecule has 0 saturated carbocycles. The van der Waals surface area contributed by atoms with E-state index in [1.54, 1.807) is 6.20 Å². The van der Waals surface area contributed by atoms with Crippen LogP contribution in [0.25, 0.3) is 22.4 Å². The second-order valence-corrected chi connectivity index (χ2v) is 9.94. The van der Waals surface area contributed by atoms with Crippen LogP contribution in [0.1, 0.15) is 28.8 Å². The average Bonchev–Trinajstić information content (AvgIpc) is 3.40. The van der Waals surface area contributed by atoms with Gasteiger partial charge in [-0.2, -0.15) is 5.10 Å². The zero-order chi connectivity index (χ0) is 24.5. The molecule has 3 heterocycles. The van der Waals surface area contributed by atoms with Crippen LogP contribution < -0.4 is 0 Å². The van der Waals surface area contributed by atoms with Crippen LogP contribution in [-0.2, 0) is 34.4 Å². The number of nitrogens with zero attached hydrogens (tertiary/aromatic N) is 4. The third-order valence-electron chi connectivity index (χ3n) is 6.80. The molecule has 0 spiro atoms. The molecule has 1 unspecified atom stereocenters. The molecule has 6 rings (SSSR count). The molecule has 0 fully saturated rings. The number of aryl methyl sites for hydroxylation is 1. The number of fused-ring (bicyclic) bond motifs is 2. The van der Waals surface area contributed by atoms with E-state index >= 15 is 0 Å². The summed E-state index contributed by atoms with van der Waals surface area (Å²) in [5.41, 5.74) is 5.19. The van der Waals surface area contributed by atoms with Gasteiger partial charge in [0.15, 0.2) is 9.48 Å². The molecule has 1 atom stereocenters. The van der Waals surface area contributed by atoms with E-state index in [9.17, 15) is 4.79 Å². The second-order valence-electron chi connectivity index (χ2n) is 8.97. The van der Waals surface area contributed by atoms with Gasteiger partial charge < -0.3 is 4.74 Å². The minimum Gasteiger partial charge on any atom is -0.460 e. The van der Waals surface area contributed by atoms with Gasteiger partial charge in [-0.3, -0.25) is 9.89 Å². The molecule has 2 aromatic carbocycles. The molecule has 178 valence electrons. The van der Waals surface area contributed by atoms with E-state index < -0.39 is 5.41 Å². The third kappa shape index (κ3) is 4.15. The van der Waals surface area contributed by atoms with Gasteiger partial charge in [-0.15, -0.1) is 0 Å². The minimum atomic E-state index is -0.894. The lowest BCUT2D eigenvalue weighted by atomic mass is 9.69. The second kappa shape index (κ2) is 9.42. The maximum Gasteiger partial charge on any atom is 0.318 e. The molecule has 1 aliphatic rings. The van der Waals surface area contributed by atoms with E-state index in [1.807, 2.05) is 60.7 Å². The number of nitrogens with one attached hydrogen (secondary N) is 1. The highest BCUT2D eigenvalue weighted by Gasteiger charge is 2.45. The number of pyridine rings is 1. The molecule has 36 heavy (non-hydrogen) atoms. The molecule has 0 radical (unpaired) electrons. The standard InChI is InChI=1S/C28H22IN5O2/c29-27-32-24(21-16-30-34-25(21)33-27)22-11-6-12-23(31-22)28(14-13-19-9-4-5-10-20(19)15-28)26(35)36-17-18-7-2-1-3-8-18/h1-12,16H,13-15,17H2,(H,30,32,33,34). The lowest BCUT2D eigenvalue weighted by molar-refractivity contribution is -0.153. The van der Waals surface area contributed by atoms with Gasteiger partial charge in [-0.05, 0) is 48.1 Å². The van der Waals surface area contributed by atoms with E-state index in [4.69, 9.17) is 9.72 Å². The van der Waals surface area contributed by atoms with Gasteiger partial charge in [0, 0.05) is 22.6 Å². The lowest BCUT2D eigenvalue weighted by Crippen LogP contribution is -2.43. The third-order valence-corrected chi connectivity index (χ3v) is 7.28. The van der Waals surface area contributed by atoms with Gasteiger partial charge in [0.05, 0.1) is 23.0 Å². The summed E-state index contributed by atoms with van der Waals surface area (Å²) in [4.78, 5) is 28.0. The topological polar surface area (TPSA) is 93.7 Å². The Bertz CT molecular complexity index is 1570. The zero-order valence-electron chi connectivity index (χ0n) is 19.3. The largest absolute Gasteiger partial charge is 0.460 e. The number of aromatic nitrogens is 5. The molecule has 7 nitrogen and oxygen atoms in total. The van der Waals surface area contributed by atoms with Crippen molar-refractivity contribution < 1.29 is 9.53 Å². The molecule has 3 aromatic heterocycles. The van der Waals surface area contributed by atoms with E-state index in [2.05, 4.69) is 54.9 Å². The lowest BCUT2D eigenvalue weighted by Gasteiger charge is -2.35. The van der Waals surface area contributed by atoms with Crippen molar-refractivity contribution in [1.29, 1.82) is 0 Å². The van der Waals surface area contributed by atoms with E-state index in [0.717, 1.165) is 22.9 Å². The van der Waals surface area contributed by atoms with Crippen molar-refractivity contribution in [2.24, 2.45) is 0 Å². The number of ether oxygens (including phenoxy) is 1. The quantitative estimate of drug-likeness (QED) is 0.173. The maximum absolute atomic E-state index is 13.9. The average molecular weight is 587 g/mol. The number of H-pyrrole nitrogens is 1. The van der Waals surface area contributed by atoms with Crippen molar-refractivity contribution >= 4 is 39.6 Å². The van der Waals surface area contributed by atoms with Crippen LogP contribution >= 0.6 is 22.6 Å². The van der Waals surface area contributed by atoms with Crippen molar-refractivity contribution in [2.75, 3.05) is 0 Å². The van der Waals surface area contributed by atoms with Gasteiger partial charge >= 0.3 is 5.97 Å². The SMILES string of the molecule is O=C(OCc1ccccc1)C1(c2cccc(-c3nc(I)nc4[nH]ncc34)n2)CCc2ccccc2C1. The van der Waals surface area contributed by atoms with Crippen LogP contribution in [-0.4, -0.2) is 31.1 Å². The van der Waals surface area contributed by atoms with Crippen molar-refractivity contribution in [3.63, 3.8) is 0 Å². The predicted octanol–water partition coefficient (Wildman–Crippen LogP) is 5.19. The minimum absolute atomic E-state index is 0.225. The number of hydrogen-bond acceptors (Lipinski definition) is 6. The number of rotatable bonds is 5. The number of hydrogen-bond donors (Lipinski definition) is 1. The summed E-state index contributed by atoms with van der Waals surface area (Å²) in [5, 5.41) is 7.82. The fraction of sp³-hybridized carbons (Fsp3) is 0.179. The van der Waals surface area contributed by atoms with Crippen LogP contribution in [0.4, 0.5) is 0 Å². The van der Waals surface area contributed by atoms with E-state index in [0.29, 0.717) is 39.4 Å². The number of carbonyl (C=O) groups is 1. The summed E-state index contributed by atoms with van der Waals surface area (Å²) in [6.45, 7) is 0.225. The summed E-state index contributed by atoms with van der Waals surface area (Å²) in [7, 11) is 0. The molecule has 0 amide bonds. The van der Waals surface area contributed by atoms with Gasteiger partial charge in [0.2, 0.25) is 0 Å². The van der Waals surface area contributed by atoms with Crippen LogP contribution in [0.15, 0.2) is 79.0 Å². The molecule has 0 aliphatic heterocycles. The molecular weight excluding hydrogens is 565 g/mol. The molecular formula is C28H22IN5O2. The smallest absolute Gasteiger partial charge is 0.318 e. The normalized spacial score (nSPS) is 17.0. The first kappa shape index (κ1) is 22.8. The fourth-order valence-corrected chi connectivity index (χ4v) is 5.41. The number of benzene rings is 2. The Morgan fingerprint density at radius 2 is 1.75 bits per heavy atom. The van der Waals surface area contributed by atoms with Crippen molar-refractivity contribution in [1.82, 2.24) is 25.1 Å². The van der Waals surface area contributed by atoms with Gasteiger partial charge in [-0.1, -0.05) is 60.7 Å². The number of halogens is 1. The Morgan fingerprint density at radius 1 is 0.944 bits per heavy atom. The Hall–Kier alpha value is -3.66. The Balaban J connectivity index is 1.43. The van der Waals surface area contributed by atoms with Crippen LogP contribution in [0.2, 0.25) is 0 Å². The van der Waals surface area contributed by atoms with E-state index in [-0.39, 0.29) is 12.6 Å². The van der Waals surface area contributed by atoms with Gasteiger partial charge in [-0.25, -0.2) is 15.0 Å². The number of aromatic amines is 1. The van der Waals surface area contributed by atoms with Crippen LogP contribution in [0.5, 0.6) is 0 Å². The summed E-state index contributed by atoms with van der Waals surface area (Å²) < 4.78 is 6.53. The first-order valence-electron chi connectivity index (χ1n) is 11.7. The van der Waals surface area contributed by atoms with E-state index in [1.165, 1.54) is 5.56 Å². The summed E-state index contributed by atoms with van der Waals surface area (Å²) in [5.74, 6) is -0.253. The molecule has 1 N–H and O–H groups in total. The van der Waals surface area contributed by atoms with Crippen LogP contribution in [0, 0.1) is 3.83 Å². The molecule has 5 aromatic rings. The number of carbonyl (C=O) groups excluding carboxylic acids is 1. The molecule has 1 aliphatic carbocycles. The first-order valence-corrected chi connectivity index (χ1v) is 12.8. The van der Waals surface area contributed by atoms with Gasteiger partial charge in [0.1, 0.15) is 17.7 Å². The predicted molar refractivity (Wildman–Crippen MR) is 144 cm³/mol. The summed E-state index contributed by atoms with van der Waals surface area (Å²) in [6, 6.07) is 23.8. The van der Waals surface area contributed by atoms with Crippen molar-refractivity contribution in [3.8, 4) is 11.4 Å². The Labute approximate surface area is 221 Å². The van der Waals surface area contributed by atoms with Gasteiger partial charge in [0.25, 0.3) is 0 Å². The summed E-state index contributed by atoms with van der Waals surface area (Å²) >= 11 is 2.09. The number of esters is 1. The Morgan fingerprint density at radius 3 is 2.61 bits per heavy atom. The van der Waals surface area contributed by atoms with Crippen molar-refractivity contribution in [2.45, 2.75) is 31.3 Å². The highest BCUT2D eigenvalue weighted by molar-refractivity contribution is 14.1. The van der Waals surface area contributed by atoms with Crippen LogP contribution in [0.3, 0.4) is 0 Å². The molecule has 8 heteroatoms. The van der Waals surface area contributed by atoms with Crippen molar-refractivity contribution in [3.05, 3.63) is 105 Å². The fourth-order valence-electron chi connectivity index (χ4n) is 4.93. The highest BCUT2D eigenvalue weighted by atomic mass is 127. The first-order chi connectivity index (χ1) is 17.6. The Kier molecular flexibility index (Phi) is 5.96. The zero-order valence-corrected chi connectivity index (χ0v) is 21.5. The summed E-state index contributed by atoms with van der Waals surface area (Å²) in [6.07, 6.45) is 3.64. The monoisotopic (exact) mass is 587 g/mol. The highest BCUT2D eigenvalue weighted by Crippen LogP contribution is 2.40.